The van der Waals surface area contributed by atoms with Crippen LogP contribution in [-0.2, 0) is 11.3 Å². The highest BCUT2D eigenvalue weighted by atomic mass is 16.2. The lowest BCUT2D eigenvalue weighted by atomic mass is 9.96. The van der Waals surface area contributed by atoms with Crippen molar-refractivity contribution in [3.8, 4) is 0 Å². The molecule has 0 unspecified atom stereocenters. The fourth-order valence-electron chi connectivity index (χ4n) is 5.53. The van der Waals surface area contributed by atoms with Crippen molar-refractivity contribution in [3.63, 3.8) is 0 Å². The van der Waals surface area contributed by atoms with Crippen molar-refractivity contribution in [1.82, 2.24) is 29.9 Å². The molecular formula is C26H34N6O2. The Kier molecular flexibility index (Phi) is 6.48. The van der Waals surface area contributed by atoms with Crippen molar-refractivity contribution in [1.29, 1.82) is 0 Å². The van der Waals surface area contributed by atoms with E-state index < -0.39 is 0 Å². The molecule has 1 atom stereocenters. The van der Waals surface area contributed by atoms with Crippen molar-refractivity contribution < 1.29 is 4.79 Å². The Labute approximate surface area is 199 Å². The van der Waals surface area contributed by atoms with Crippen LogP contribution in [0.5, 0.6) is 0 Å². The normalized spacial score (nSPS) is 19.2. The molecule has 2 aliphatic rings. The summed E-state index contributed by atoms with van der Waals surface area (Å²) in [6, 6.07) is 6.31. The number of piperidine rings is 1. The van der Waals surface area contributed by atoms with Crippen LogP contribution >= 0.6 is 0 Å². The monoisotopic (exact) mass is 462 g/mol. The van der Waals surface area contributed by atoms with Crippen molar-refractivity contribution >= 4 is 17.1 Å². The van der Waals surface area contributed by atoms with Crippen LogP contribution in [0.2, 0.25) is 0 Å². The van der Waals surface area contributed by atoms with Gasteiger partial charge in [0.1, 0.15) is 5.82 Å². The molecule has 0 radical (unpaired) electrons. The largest absolute Gasteiger partial charge is 0.342 e. The van der Waals surface area contributed by atoms with Crippen molar-refractivity contribution in [2.24, 2.45) is 5.92 Å². The second-order valence-corrected chi connectivity index (χ2v) is 10.2. The summed E-state index contributed by atoms with van der Waals surface area (Å²) in [4.78, 5) is 35.4. The minimum Gasteiger partial charge on any atom is -0.342 e. The molecule has 3 heterocycles. The zero-order valence-corrected chi connectivity index (χ0v) is 20.2. The highest BCUT2D eigenvalue weighted by Gasteiger charge is 2.28. The van der Waals surface area contributed by atoms with Gasteiger partial charge in [-0.3, -0.25) is 9.59 Å². The zero-order chi connectivity index (χ0) is 23.7. The molecular weight excluding hydrogens is 428 g/mol. The number of nitrogens with one attached hydrogen (secondary N) is 1. The number of hydrogen-bond acceptors (Lipinski definition) is 5. The Morgan fingerprint density at radius 2 is 1.97 bits per heavy atom. The van der Waals surface area contributed by atoms with Crippen LogP contribution in [0.15, 0.2) is 23.0 Å². The second-order valence-electron chi connectivity index (χ2n) is 10.2. The number of aryl methyl sites for hydroxylation is 2. The fraction of sp³-hybridized carbons (Fsp3) is 0.577. The number of nitrogens with zero attached hydrogens (tertiary/aromatic N) is 5. The summed E-state index contributed by atoms with van der Waals surface area (Å²) in [6.45, 7) is 6.04. The molecule has 3 aromatic rings. The molecule has 1 aliphatic heterocycles. The van der Waals surface area contributed by atoms with E-state index in [1.54, 1.807) is 4.68 Å². The number of benzene rings is 1. The van der Waals surface area contributed by atoms with Gasteiger partial charge in [-0.1, -0.05) is 54.7 Å². The Morgan fingerprint density at radius 1 is 1.15 bits per heavy atom. The van der Waals surface area contributed by atoms with Gasteiger partial charge >= 0.3 is 0 Å². The first-order valence-corrected chi connectivity index (χ1v) is 12.7. The number of carbonyl (C=O) groups excluding carboxylic acids is 1. The maximum Gasteiger partial charge on any atom is 0.281 e. The maximum absolute atomic E-state index is 12.9. The molecule has 0 spiro atoms. The number of fused-ring (bicyclic) bond motifs is 1. The first-order valence-electron chi connectivity index (χ1n) is 12.7. The van der Waals surface area contributed by atoms with E-state index in [0.29, 0.717) is 31.0 Å². The van der Waals surface area contributed by atoms with Gasteiger partial charge in [0.2, 0.25) is 5.91 Å². The van der Waals surface area contributed by atoms with Crippen LogP contribution in [0.25, 0.3) is 11.2 Å². The Balaban J connectivity index is 1.34. The quantitative estimate of drug-likeness (QED) is 0.600. The van der Waals surface area contributed by atoms with Crippen LogP contribution < -0.4 is 5.56 Å². The summed E-state index contributed by atoms with van der Waals surface area (Å²) in [5.74, 6) is 1.61. The molecule has 180 valence electrons. The third-order valence-electron chi connectivity index (χ3n) is 7.62. The highest BCUT2D eigenvalue weighted by Crippen LogP contribution is 2.30. The van der Waals surface area contributed by atoms with E-state index in [2.05, 4.69) is 47.3 Å². The summed E-state index contributed by atoms with van der Waals surface area (Å²) >= 11 is 0. The van der Waals surface area contributed by atoms with E-state index in [4.69, 9.17) is 4.98 Å². The van der Waals surface area contributed by atoms with E-state index in [9.17, 15) is 9.59 Å². The molecule has 2 aromatic heterocycles. The van der Waals surface area contributed by atoms with Gasteiger partial charge in [-0.15, -0.1) is 5.10 Å². The molecule has 1 saturated heterocycles. The Bertz CT molecular complexity index is 1240. The fourth-order valence-corrected chi connectivity index (χ4v) is 5.53. The van der Waals surface area contributed by atoms with Gasteiger partial charge < -0.3 is 9.88 Å². The van der Waals surface area contributed by atoms with E-state index in [1.807, 2.05) is 4.90 Å². The minimum absolute atomic E-state index is 0.0188. The number of H-pyrrole nitrogens is 1. The number of hydrogen-bond donors (Lipinski definition) is 1. The summed E-state index contributed by atoms with van der Waals surface area (Å²) in [5.41, 5.74) is 3.97. The van der Waals surface area contributed by atoms with Gasteiger partial charge in [-0.05, 0) is 50.2 Å². The summed E-state index contributed by atoms with van der Waals surface area (Å²) in [6.07, 6.45) is 8.61. The van der Waals surface area contributed by atoms with Gasteiger partial charge in [-0.25, -0.2) is 9.67 Å². The van der Waals surface area contributed by atoms with E-state index >= 15 is 0 Å². The average Bonchev–Trinajstić information content (AvgIpc) is 3.50. The first kappa shape index (κ1) is 22.7. The molecule has 2 fully saturated rings. The summed E-state index contributed by atoms with van der Waals surface area (Å²) in [7, 11) is 0. The Morgan fingerprint density at radius 3 is 2.79 bits per heavy atom. The number of carbonyl (C=O) groups is 1. The highest BCUT2D eigenvalue weighted by molar-refractivity contribution is 5.76. The third kappa shape index (κ3) is 4.76. The first-order chi connectivity index (χ1) is 16.5. The lowest BCUT2D eigenvalue weighted by molar-refractivity contribution is -0.132. The van der Waals surface area contributed by atoms with Crippen LogP contribution in [0.1, 0.15) is 79.8 Å². The molecule has 1 amide bonds. The number of amides is 1. The van der Waals surface area contributed by atoms with Crippen molar-refractivity contribution in [2.75, 3.05) is 13.1 Å². The third-order valence-corrected chi connectivity index (χ3v) is 7.62. The van der Waals surface area contributed by atoms with Crippen molar-refractivity contribution in [2.45, 2.75) is 77.7 Å². The standard InChI is InChI=1S/C26H34N6O2/c1-17-9-10-18(2)21(14-17)16-32-25-23(29-30-32)26(34)28-24(27-25)20-8-5-13-31(15-20)22(33)12-11-19-6-3-4-7-19/h9-10,14,19-20H,3-8,11-13,15-16H2,1-2H3,(H,27,28,34)/t20-/m0/s1. The molecule has 1 N–H and O–H groups in total. The molecule has 8 nitrogen and oxygen atoms in total. The minimum atomic E-state index is -0.267. The summed E-state index contributed by atoms with van der Waals surface area (Å²) < 4.78 is 1.71. The molecule has 0 bridgehead atoms. The number of aromatic amines is 1. The molecule has 1 saturated carbocycles. The van der Waals surface area contributed by atoms with Crippen LogP contribution in [0, 0.1) is 19.8 Å². The summed E-state index contributed by atoms with van der Waals surface area (Å²) in [5, 5.41) is 8.33. The maximum atomic E-state index is 12.9. The van der Waals surface area contributed by atoms with Gasteiger partial charge in [-0.2, -0.15) is 0 Å². The number of rotatable bonds is 6. The Hall–Kier alpha value is -3.03. The molecule has 1 aliphatic carbocycles. The molecule has 5 rings (SSSR count). The lowest BCUT2D eigenvalue weighted by Crippen LogP contribution is -2.40. The second kappa shape index (κ2) is 9.68. The average molecular weight is 463 g/mol. The number of aromatic nitrogens is 5. The van der Waals surface area contributed by atoms with Gasteiger partial charge in [0.15, 0.2) is 11.2 Å². The van der Waals surface area contributed by atoms with Crippen LogP contribution in [0.4, 0.5) is 0 Å². The molecule has 8 heteroatoms. The SMILES string of the molecule is Cc1ccc(C)c(Cn2nnc3c(=O)[nH]c([C@H]4CCCN(C(=O)CCC5CCCC5)C4)nc32)c1. The predicted octanol–water partition coefficient (Wildman–Crippen LogP) is 3.86. The predicted molar refractivity (Wildman–Crippen MR) is 131 cm³/mol. The lowest BCUT2D eigenvalue weighted by Gasteiger charge is -2.32. The number of likely N-dealkylation sites (tertiary alicyclic amines) is 1. The topological polar surface area (TPSA) is 96.8 Å². The van der Waals surface area contributed by atoms with Gasteiger partial charge in [0.25, 0.3) is 5.56 Å². The van der Waals surface area contributed by atoms with Gasteiger partial charge in [0, 0.05) is 25.4 Å². The van der Waals surface area contributed by atoms with Gasteiger partial charge in [0.05, 0.1) is 6.54 Å². The van der Waals surface area contributed by atoms with Crippen molar-refractivity contribution in [3.05, 3.63) is 51.1 Å². The molecule has 34 heavy (non-hydrogen) atoms. The molecule has 1 aromatic carbocycles. The zero-order valence-electron chi connectivity index (χ0n) is 20.2. The van der Waals surface area contributed by atoms with E-state index in [-0.39, 0.29) is 22.9 Å². The van der Waals surface area contributed by atoms with Crippen LogP contribution in [-0.4, -0.2) is 48.9 Å². The van der Waals surface area contributed by atoms with E-state index in [0.717, 1.165) is 37.3 Å². The smallest absolute Gasteiger partial charge is 0.281 e. The van der Waals surface area contributed by atoms with Crippen LogP contribution in [0.3, 0.4) is 0 Å². The van der Waals surface area contributed by atoms with E-state index in [1.165, 1.54) is 36.8 Å².